The maximum absolute atomic E-state index is 6.09. The molecule has 2 aromatic carbocycles. The Morgan fingerprint density at radius 2 is 1.59 bits per heavy atom. The quantitative estimate of drug-likeness (QED) is 0.865. The molecule has 2 heteroatoms. The van der Waals surface area contributed by atoms with Gasteiger partial charge in [-0.1, -0.05) is 72.3 Å². The predicted octanol–water partition coefficient (Wildman–Crippen LogP) is 4.05. The minimum Gasteiger partial charge on any atom is -0.321 e. The van der Waals surface area contributed by atoms with Crippen LogP contribution < -0.4 is 5.73 Å². The standard InChI is InChI=1S/C15H14ClN/c16-14-9-5-4-8-13(14)15(17)11-10-12-6-2-1-3-7-12/h1-11,15H,17H2/b11-10+. The number of rotatable bonds is 3. The van der Waals surface area contributed by atoms with E-state index in [-0.39, 0.29) is 6.04 Å². The summed E-state index contributed by atoms with van der Waals surface area (Å²) in [5.74, 6) is 0. The average molecular weight is 244 g/mol. The molecular formula is C15H14ClN. The first-order valence-electron chi connectivity index (χ1n) is 5.50. The molecule has 0 fully saturated rings. The van der Waals surface area contributed by atoms with Crippen LogP contribution in [-0.4, -0.2) is 0 Å². The summed E-state index contributed by atoms with van der Waals surface area (Å²) in [5.41, 5.74) is 8.15. The van der Waals surface area contributed by atoms with E-state index in [0.717, 1.165) is 11.1 Å². The zero-order valence-electron chi connectivity index (χ0n) is 9.38. The zero-order chi connectivity index (χ0) is 12.1. The Morgan fingerprint density at radius 1 is 0.941 bits per heavy atom. The topological polar surface area (TPSA) is 26.0 Å². The fourth-order valence-electron chi connectivity index (χ4n) is 1.63. The van der Waals surface area contributed by atoms with Gasteiger partial charge in [-0.15, -0.1) is 0 Å². The second-order valence-electron chi connectivity index (χ2n) is 3.82. The Kier molecular flexibility index (Phi) is 3.97. The molecule has 17 heavy (non-hydrogen) atoms. The summed E-state index contributed by atoms with van der Waals surface area (Å²) in [5, 5.41) is 0.706. The Hall–Kier alpha value is -1.57. The third kappa shape index (κ3) is 3.19. The van der Waals surface area contributed by atoms with Gasteiger partial charge in [0, 0.05) is 11.1 Å². The summed E-state index contributed by atoms with van der Waals surface area (Å²) in [6.45, 7) is 0. The fraction of sp³-hybridized carbons (Fsp3) is 0.0667. The van der Waals surface area contributed by atoms with E-state index >= 15 is 0 Å². The molecule has 0 aliphatic carbocycles. The van der Waals surface area contributed by atoms with Crippen molar-refractivity contribution < 1.29 is 0 Å². The molecule has 2 rings (SSSR count). The third-order valence-corrected chi connectivity index (χ3v) is 2.90. The summed E-state index contributed by atoms with van der Waals surface area (Å²) in [6.07, 6.45) is 3.96. The molecule has 0 radical (unpaired) electrons. The fourth-order valence-corrected chi connectivity index (χ4v) is 1.89. The molecule has 0 aromatic heterocycles. The van der Waals surface area contributed by atoms with E-state index in [9.17, 15) is 0 Å². The lowest BCUT2D eigenvalue weighted by Crippen LogP contribution is -2.07. The molecule has 2 aromatic rings. The van der Waals surface area contributed by atoms with E-state index in [1.165, 1.54) is 0 Å². The number of benzene rings is 2. The van der Waals surface area contributed by atoms with Gasteiger partial charge in [-0.3, -0.25) is 0 Å². The lowest BCUT2D eigenvalue weighted by molar-refractivity contribution is 0.916. The first kappa shape index (κ1) is 11.9. The van der Waals surface area contributed by atoms with Crippen LogP contribution in [0.3, 0.4) is 0 Å². The van der Waals surface area contributed by atoms with Crippen molar-refractivity contribution >= 4 is 17.7 Å². The number of hydrogen-bond acceptors (Lipinski definition) is 1. The maximum Gasteiger partial charge on any atom is 0.0499 e. The Balaban J connectivity index is 2.15. The molecule has 0 saturated heterocycles. The van der Waals surface area contributed by atoms with Gasteiger partial charge in [-0.25, -0.2) is 0 Å². The van der Waals surface area contributed by atoms with Crippen molar-refractivity contribution in [3.8, 4) is 0 Å². The molecular weight excluding hydrogens is 230 g/mol. The lowest BCUT2D eigenvalue weighted by Gasteiger charge is -2.08. The van der Waals surface area contributed by atoms with Crippen LogP contribution in [0.1, 0.15) is 17.2 Å². The summed E-state index contributed by atoms with van der Waals surface area (Å²) in [4.78, 5) is 0. The van der Waals surface area contributed by atoms with Crippen molar-refractivity contribution in [1.29, 1.82) is 0 Å². The van der Waals surface area contributed by atoms with Gasteiger partial charge in [0.15, 0.2) is 0 Å². The monoisotopic (exact) mass is 243 g/mol. The molecule has 86 valence electrons. The van der Waals surface area contributed by atoms with Crippen LogP contribution in [0.4, 0.5) is 0 Å². The maximum atomic E-state index is 6.09. The van der Waals surface area contributed by atoms with Crippen molar-refractivity contribution in [2.75, 3.05) is 0 Å². The molecule has 1 nitrogen and oxygen atoms in total. The average Bonchev–Trinajstić information content (AvgIpc) is 2.38. The molecule has 1 unspecified atom stereocenters. The van der Waals surface area contributed by atoms with Gasteiger partial charge in [0.25, 0.3) is 0 Å². The van der Waals surface area contributed by atoms with Crippen LogP contribution in [-0.2, 0) is 0 Å². The third-order valence-electron chi connectivity index (χ3n) is 2.56. The molecule has 0 saturated carbocycles. The number of halogens is 1. The Bertz CT molecular complexity index is 505. The first-order chi connectivity index (χ1) is 8.27. The second kappa shape index (κ2) is 5.67. The van der Waals surface area contributed by atoms with Crippen LogP contribution in [0.25, 0.3) is 6.08 Å². The van der Waals surface area contributed by atoms with E-state index in [4.69, 9.17) is 17.3 Å². The van der Waals surface area contributed by atoms with Gasteiger partial charge < -0.3 is 5.73 Å². The van der Waals surface area contributed by atoms with E-state index in [1.54, 1.807) is 0 Å². The second-order valence-corrected chi connectivity index (χ2v) is 4.22. The highest BCUT2D eigenvalue weighted by molar-refractivity contribution is 6.31. The predicted molar refractivity (Wildman–Crippen MR) is 73.9 cm³/mol. The highest BCUT2D eigenvalue weighted by Crippen LogP contribution is 2.22. The van der Waals surface area contributed by atoms with E-state index < -0.39 is 0 Å². The van der Waals surface area contributed by atoms with Crippen molar-refractivity contribution in [3.63, 3.8) is 0 Å². The molecule has 2 N–H and O–H groups in total. The van der Waals surface area contributed by atoms with Crippen molar-refractivity contribution in [1.82, 2.24) is 0 Å². The molecule has 0 bridgehead atoms. The normalized spacial score (nSPS) is 12.8. The minimum atomic E-state index is -0.177. The molecule has 0 aliphatic rings. The van der Waals surface area contributed by atoms with Crippen LogP contribution in [0.15, 0.2) is 60.7 Å². The van der Waals surface area contributed by atoms with Crippen molar-refractivity contribution in [2.24, 2.45) is 5.73 Å². The van der Waals surface area contributed by atoms with E-state index in [1.807, 2.05) is 66.7 Å². The molecule has 0 amide bonds. The molecule has 0 aliphatic heterocycles. The largest absolute Gasteiger partial charge is 0.321 e. The van der Waals surface area contributed by atoms with Crippen LogP contribution in [0.2, 0.25) is 5.02 Å². The van der Waals surface area contributed by atoms with Crippen molar-refractivity contribution in [2.45, 2.75) is 6.04 Å². The Morgan fingerprint density at radius 3 is 2.29 bits per heavy atom. The van der Waals surface area contributed by atoms with Crippen molar-refractivity contribution in [3.05, 3.63) is 76.8 Å². The SMILES string of the molecule is NC(/C=C/c1ccccc1)c1ccccc1Cl. The number of hydrogen-bond donors (Lipinski definition) is 1. The van der Waals surface area contributed by atoms with Gasteiger partial charge in [0.2, 0.25) is 0 Å². The first-order valence-corrected chi connectivity index (χ1v) is 5.88. The smallest absolute Gasteiger partial charge is 0.0499 e. The summed E-state index contributed by atoms with van der Waals surface area (Å²) in [6, 6.07) is 17.5. The highest BCUT2D eigenvalue weighted by atomic mass is 35.5. The van der Waals surface area contributed by atoms with Crippen LogP contribution >= 0.6 is 11.6 Å². The van der Waals surface area contributed by atoms with E-state index in [2.05, 4.69) is 0 Å². The molecule has 1 atom stereocenters. The van der Waals surface area contributed by atoms with Gasteiger partial charge in [-0.05, 0) is 17.2 Å². The van der Waals surface area contributed by atoms with Gasteiger partial charge >= 0.3 is 0 Å². The highest BCUT2D eigenvalue weighted by Gasteiger charge is 2.05. The lowest BCUT2D eigenvalue weighted by atomic mass is 10.1. The zero-order valence-corrected chi connectivity index (χ0v) is 10.1. The van der Waals surface area contributed by atoms with Gasteiger partial charge in [0.1, 0.15) is 0 Å². The summed E-state index contributed by atoms with van der Waals surface area (Å²) >= 11 is 6.09. The van der Waals surface area contributed by atoms with Crippen LogP contribution in [0, 0.1) is 0 Å². The van der Waals surface area contributed by atoms with Crippen LogP contribution in [0.5, 0.6) is 0 Å². The number of nitrogens with two attached hydrogens (primary N) is 1. The Labute approximate surface area is 107 Å². The summed E-state index contributed by atoms with van der Waals surface area (Å²) < 4.78 is 0. The molecule has 0 spiro atoms. The van der Waals surface area contributed by atoms with Gasteiger partial charge in [0.05, 0.1) is 0 Å². The van der Waals surface area contributed by atoms with Gasteiger partial charge in [-0.2, -0.15) is 0 Å². The summed E-state index contributed by atoms with van der Waals surface area (Å²) in [7, 11) is 0. The minimum absolute atomic E-state index is 0.177. The molecule has 0 heterocycles. The van der Waals surface area contributed by atoms with E-state index in [0.29, 0.717) is 5.02 Å².